The molecule has 0 saturated heterocycles. The van der Waals surface area contributed by atoms with Gasteiger partial charge in [-0.25, -0.2) is 0 Å². The first-order chi connectivity index (χ1) is 9.22. The average Bonchev–Trinajstić information content (AvgIpc) is 2.48. The maximum Gasteiger partial charge on any atom is 0.172 e. The summed E-state index contributed by atoms with van der Waals surface area (Å²) in [7, 11) is 0. The number of rotatable bonds is 3. The monoisotopic (exact) mass is 310 g/mol. The molecule has 0 fully saturated rings. The molecule has 2 aromatic carbocycles. The summed E-state index contributed by atoms with van der Waals surface area (Å²) in [5.74, 6) is 0. The van der Waals surface area contributed by atoms with Gasteiger partial charge in [0.25, 0.3) is 0 Å². The molecule has 0 saturated carbocycles. The Labute approximate surface area is 121 Å². The van der Waals surface area contributed by atoms with Crippen LogP contribution in [0.15, 0.2) is 59.1 Å². The first-order valence-corrected chi connectivity index (χ1v) is 6.62. The fourth-order valence-electron chi connectivity index (χ4n) is 1.99. The van der Waals surface area contributed by atoms with E-state index in [1.165, 1.54) is 0 Å². The Hall–Kier alpha value is -2.10. The van der Waals surface area contributed by atoms with Gasteiger partial charge in [-0.05, 0) is 17.2 Å². The van der Waals surface area contributed by atoms with Gasteiger partial charge in [-0.15, -0.1) is 0 Å². The van der Waals surface area contributed by atoms with Gasteiger partial charge in [0.05, 0.1) is 12.1 Å². The summed E-state index contributed by atoms with van der Waals surface area (Å²) >= 11 is 3.46. The zero-order chi connectivity index (χ0) is 13.7. The van der Waals surface area contributed by atoms with Crippen LogP contribution in [0.1, 0.15) is 11.1 Å². The minimum absolute atomic E-state index is 0.367. The minimum atomic E-state index is -1.15. The molecule has 92 valence electrons. The summed E-state index contributed by atoms with van der Waals surface area (Å²) in [6.07, 6.45) is 0.367. The molecule has 0 unspecified atom stereocenters. The van der Waals surface area contributed by atoms with Gasteiger partial charge >= 0.3 is 0 Å². The number of hydrogen-bond acceptors (Lipinski definition) is 2. The minimum Gasteiger partial charge on any atom is -0.196 e. The Balaban J connectivity index is 2.46. The van der Waals surface area contributed by atoms with Crippen molar-refractivity contribution in [1.29, 1.82) is 10.5 Å². The predicted molar refractivity (Wildman–Crippen MR) is 77.2 cm³/mol. The Morgan fingerprint density at radius 1 is 0.895 bits per heavy atom. The van der Waals surface area contributed by atoms with Crippen LogP contribution in [0.25, 0.3) is 0 Å². The van der Waals surface area contributed by atoms with Crippen molar-refractivity contribution >= 4 is 15.9 Å². The normalized spacial score (nSPS) is 10.5. The second kappa shape index (κ2) is 5.69. The number of nitriles is 2. The van der Waals surface area contributed by atoms with Crippen LogP contribution in [0.2, 0.25) is 0 Å². The Bertz CT molecular complexity index is 636. The van der Waals surface area contributed by atoms with Crippen molar-refractivity contribution in [1.82, 2.24) is 0 Å². The van der Waals surface area contributed by atoms with Gasteiger partial charge in [-0.2, -0.15) is 10.5 Å². The number of hydrogen-bond donors (Lipinski definition) is 0. The molecule has 0 heterocycles. The lowest BCUT2D eigenvalue weighted by Crippen LogP contribution is -2.25. The smallest absolute Gasteiger partial charge is 0.172 e. The number of halogens is 1. The lowest BCUT2D eigenvalue weighted by molar-refractivity contribution is 0.693. The first-order valence-electron chi connectivity index (χ1n) is 5.83. The molecule has 0 bridgehead atoms. The van der Waals surface area contributed by atoms with E-state index in [0.29, 0.717) is 6.42 Å². The molecule has 2 aromatic rings. The summed E-state index contributed by atoms with van der Waals surface area (Å²) in [6, 6.07) is 21.2. The zero-order valence-electron chi connectivity index (χ0n) is 10.2. The summed E-state index contributed by atoms with van der Waals surface area (Å²) < 4.78 is 0.917. The predicted octanol–water partition coefficient (Wildman–Crippen LogP) is 3.98. The van der Waals surface area contributed by atoms with E-state index in [1.807, 2.05) is 54.6 Å². The Kier molecular flexibility index (Phi) is 4.00. The van der Waals surface area contributed by atoms with Crippen LogP contribution in [0.4, 0.5) is 0 Å². The largest absolute Gasteiger partial charge is 0.196 e. The number of benzene rings is 2. The standard InChI is InChI=1S/C16H11BrN2/c17-15-9-5-4-6-13(15)10-16(11-18,12-19)14-7-2-1-3-8-14/h1-9H,10H2. The highest BCUT2D eigenvalue weighted by Gasteiger charge is 2.33. The molecule has 0 aliphatic heterocycles. The topological polar surface area (TPSA) is 47.6 Å². The van der Waals surface area contributed by atoms with Crippen molar-refractivity contribution in [3.8, 4) is 12.1 Å². The van der Waals surface area contributed by atoms with E-state index in [9.17, 15) is 10.5 Å². The molecule has 0 aromatic heterocycles. The van der Waals surface area contributed by atoms with Crippen LogP contribution < -0.4 is 0 Å². The van der Waals surface area contributed by atoms with Crippen molar-refractivity contribution < 1.29 is 0 Å². The van der Waals surface area contributed by atoms with Gasteiger partial charge in [-0.3, -0.25) is 0 Å². The number of nitrogens with zero attached hydrogens (tertiary/aromatic N) is 2. The van der Waals surface area contributed by atoms with Gasteiger partial charge in [0.1, 0.15) is 0 Å². The zero-order valence-corrected chi connectivity index (χ0v) is 11.8. The summed E-state index contributed by atoms with van der Waals surface area (Å²) in [4.78, 5) is 0. The fraction of sp³-hybridized carbons (Fsp3) is 0.125. The third-order valence-electron chi connectivity index (χ3n) is 3.06. The highest BCUT2D eigenvalue weighted by molar-refractivity contribution is 9.10. The van der Waals surface area contributed by atoms with Crippen molar-refractivity contribution in [3.63, 3.8) is 0 Å². The van der Waals surface area contributed by atoms with Gasteiger partial charge in [0.2, 0.25) is 0 Å². The SMILES string of the molecule is N#CC(C#N)(Cc1ccccc1Br)c1ccccc1. The molecule has 0 atom stereocenters. The Morgan fingerprint density at radius 3 is 2.05 bits per heavy atom. The molecular formula is C16H11BrN2. The van der Waals surface area contributed by atoms with Crippen LogP contribution in [0, 0.1) is 22.7 Å². The van der Waals surface area contributed by atoms with Crippen molar-refractivity contribution in [3.05, 3.63) is 70.2 Å². The third kappa shape index (κ3) is 2.67. The molecule has 0 aliphatic carbocycles. The molecule has 0 spiro atoms. The molecule has 2 nitrogen and oxygen atoms in total. The molecule has 3 heteroatoms. The second-order valence-corrected chi connectivity index (χ2v) is 5.12. The van der Waals surface area contributed by atoms with E-state index in [4.69, 9.17) is 0 Å². The highest BCUT2D eigenvalue weighted by atomic mass is 79.9. The molecule has 0 amide bonds. The van der Waals surface area contributed by atoms with E-state index >= 15 is 0 Å². The van der Waals surface area contributed by atoms with Crippen molar-refractivity contribution in [2.45, 2.75) is 11.8 Å². The molecular weight excluding hydrogens is 300 g/mol. The fourth-order valence-corrected chi connectivity index (χ4v) is 2.41. The van der Waals surface area contributed by atoms with Crippen molar-refractivity contribution in [2.75, 3.05) is 0 Å². The lowest BCUT2D eigenvalue weighted by Gasteiger charge is -2.19. The lowest BCUT2D eigenvalue weighted by atomic mass is 9.78. The van der Waals surface area contributed by atoms with Crippen LogP contribution in [-0.2, 0) is 11.8 Å². The van der Waals surface area contributed by atoms with E-state index in [2.05, 4.69) is 28.1 Å². The van der Waals surface area contributed by atoms with Crippen LogP contribution in [0.5, 0.6) is 0 Å². The maximum absolute atomic E-state index is 9.49. The molecule has 0 aliphatic rings. The van der Waals surface area contributed by atoms with Crippen LogP contribution >= 0.6 is 15.9 Å². The molecule has 2 rings (SSSR count). The van der Waals surface area contributed by atoms with E-state index in [0.717, 1.165) is 15.6 Å². The molecule has 0 radical (unpaired) electrons. The van der Waals surface area contributed by atoms with Gasteiger partial charge in [-0.1, -0.05) is 64.5 Å². The summed E-state index contributed by atoms with van der Waals surface area (Å²) in [6.45, 7) is 0. The van der Waals surface area contributed by atoms with E-state index < -0.39 is 5.41 Å². The second-order valence-electron chi connectivity index (χ2n) is 4.26. The van der Waals surface area contributed by atoms with Crippen molar-refractivity contribution in [2.24, 2.45) is 0 Å². The van der Waals surface area contributed by atoms with Crippen LogP contribution in [-0.4, -0.2) is 0 Å². The van der Waals surface area contributed by atoms with Gasteiger partial charge in [0, 0.05) is 10.9 Å². The Morgan fingerprint density at radius 2 is 1.47 bits per heavy atom. The maximum atomic E-state index is 9.49. The van der Waals surface area contributed by atoms with Gasteiger partial charge < -0.3 is 0 Å². The van der Waals surface area contributed by atoms with E-state index in [1.54, 1.807) is 0 Å². The molecule has 19 heavy (non-hydrogen) atoms. The summed E-state index contributed by atoms with van der Waals surface area (Å²) in [5, 5.41) is 19.0. The third-order valence-corrected chi connectivity index (χ3v) is 3.84. The van der Waals surface area contributed by atoms with E-state index in [-0.39, 0.29) is 0 Å². The highest BCUT2D eigenvalue weighted by Crippen LogP contribution is 2.30. The van der Waals surface area contributed by atoms with Crippen LogP contribution in [0.3, 0.4) is 0 Å². The first kappa shape index (κ1) is 13.3. The summed E-state index contributed by atoms with van der Waals surface area (Å²) in [5.41, 5.74) is 0.538. The average molecular weight is 311 g/mol. The quantitative estimate of drug-likeness (QED) is 0.861. The van der Waals surface area contributed by atoms with Gasteiger partial charge in [0.15, 0.2) is 5.41 Å². The molecule has 0 N–H and O–H groups in total.